The third-order valence-corrected chi connectivity index (χ3v) is 5.11. The van der Waals surface area contributed by atoms with Crippen LogP contribution in [0, 0.1) is 5.92 Å². The molecule has 1 aliphatic rings. The van der Waals surface area contributed by atoms with E-state index in [1.807, 2.05) is 24.3 Å². The number of nitrogens with zero attached hydrogens (tertiary/aromatic N) is 3. The van der Waals surface area contributed by atoms with E-state index in [-0.39, 0.29) is 36.5 Å². The summed E-state index contributed by atoms with van der Waals surface area (Å²) in [5, 5.41) is 5.07. The van der Waals surface area contributed by atoms with E-state index < -0.39 is 10.0 Å². The van der Waals surface area contributed by atoms with Crippen molar-refractivity contribution < 1.29 is 13.2 Å². The van der Waals surface area contributed by atoms with Crippen molar-refractivity contribution in [1.29, 1.82) is 0 Å². The molecule has 1 unspecified atom stereocenters. The van der Waals surface area contributed by atoms with Crippen LogP contribution in [0.5, 0.6) is 0 Å². The Bertz CT molecular complexity index is 888. The summed E-state index contributed by atoms with van der Waals surface area (Å²) >= 11 is 3.41. The SMILES string of the molecule is NS(=O)(=O)CC1CC(=O)N(c2nccc(-c3cccc(Br)c3)n2)C1. The molecule has 0 saturated carbocycles. The highest BCUT2D eigenvalue weighted by atomic mass is 79.9. The van der Waals surface area contributed by atoms with Crippen molar-refractivity contribution in [2.75, 3.05) is 17.2 Å². The average molecular weight is 411 g/mol. The van der Waals surface area contributed by atoms with E-state index in [2.05, 4.69) is 25.9 Å². The summed E-state index contributed by atoms with van der Waals surface area (Å²) in [5.74, 6) is -0.490. The zero-order chi connectivity index (χ0) is 17.3. The van der Waals surface area contributed by atoms with Gasteiger partial charge in [-0.15, -0.1) is 0 Å². The van der Waals surface area contributed by atoms with Crippen LogP contribution in [0.25, 0.3) is 11.3 Å². The standard InChI is InChI=1S/C15H15BrN4O3S/c16-12-3-1-2-11(7-12)13-4-5-18-15(19-13)20-8-10(6-14(20)21)9-24(17,22)23/h1-5,7,10H,6,8-9H2,(H2,17,22,23). The van der Waals surface area contributed by atoms with Crippen LogP contribution in [-0.2, 0) is 14.8 Å². The van der Waals surface area contributed by atoms with Gasteiger partial charge in [0, 0.05) is 35.1 Å². The second-order valence-corrected chi connectivity index (χ2v) is 8.23. The summed E-state index contributed by atoms with van der Waals surface area (Å²) in [4.78, 5) is 22.2. The number of sulfonamides is 1. The molecule has 0 radical (unpaired) electrons. The first-order valence-corrected chi connectivity index (χ1v) is 9.72. The summed E-state index contributed by atoms with van der Waals surface area (Å²) < 4.78 is 23.4. The summed E-state index contributed by atoms with van der Waals surface area (Å²) in [7, 11) is -3.62. The number of hydrogen-bond donors (Lipinski definition) is 1. The van der Waals surface area contributed by atoms with Gasteiger partial charge in [0.15, 0.2) is 0 Å². The first-order valence-electron chi connectivity index (χ1n) is 7.21. The summed E-state index contributed by atoms with van der Waals surface area (Å²) in [6, 6.07) is 9.39. The molecule has 0 aliphatic carbocycles. The lowest BCUT2D eigenvalue weighted by molar-refractivity contribution is -0.117. The molecule has 7 nitrogen and oxygen atoms in total. The van der Waals surface area contributed by atoms with Crippen molar-refractivity contribution in [3.8, 4) is 11.3 Å². The molecule has 1 fully saturated rings. The van der Waals surface area contributed by atoms with E-state index >= 15 is 0 Å². The van der Waals surface area contributed by atoms with Gasteiger partial charge >= 0.3 is 0 Å². The molecule has 2 heterocycles. The Kier molecular flexibility index (Phi) is 4.66. The zero-order valence-corrected chi connectivity index (χ0v) is 15.0. The number of carbonyl (C=O) groups is 1. The van der Waals surface area contributed by atoms with Crippen molar-refractivity contribution in [3.05, 3.63) is 41.0 Å². The van der Waals surface area contributed by atoms with Crippen LogP contribution >= 0.6 is 15.9 Å². The predicted molar refractivity (Wildman–Crippen MR) is 93.6 cm³/mol. The fraction of sp³-hybridized carbons (Fsp3) is 0.267. The number of amides is 1. The third kappa shape index (κ3) is 3.97. The Hall–Kier alpha value is -1.84. The van der Waals surface area contributed by atoms with Gasteiger partial charge in [-0.05, 0) is 18.2 Å². The molecule has 0 bridgehead atoms. The van der Waals surface area contributed by atoms with Crippen LogP contribution in [0.3, 0.4) is 0 Å². The first kappa shape index (κ1) is 17.0. The minimum Gasteiger partial charge on any atom is -0.280 e. The fourth-order valence-corrected chi connectivity index (χ4v) is 3.98. The van der Waals surface area contributed by atoms with Crippen LogP contribution in [0.15, 0.2) is 41.0 Å². The third-order valence-electron chi connectivity index (χ3n) is 3.68. The minimum atomic E-state index is -3.62. The normalized spacial score (nSPS) is 18.2. The lowest BCUT2D eigenvalue weighted by atomic mass is 10.1. The van der Waals surface area contributed by atoms with E-state index in [9.17, 15) is 13.2 Å². The number of benzene rings is 1. The smallest absolute Gasteiger partial charge is 0.232 e. The maximum absolute atomic E-state index is 12.2. The van der Waals surface area contributed by atoms with Gasteiger partial charge in [0.25, 0.3) is 0 Å². The van der Waals surface area contributed by atoms with Gasteiger partial charge in [0.05, 0.1) is 11.4 Å². The van der Waals surface area contributed by atoms with Crippen molar-refractivity contribution in [3.63, 3.8) is 0 Å². The molecule has 2 N–H and O–H groups in total. The number of aromatic nitrogens is 2. The van der Waals surface area contributed by atoms with Crippen LogP contribution in [0.2, 0.25) is 0 Å². The molecule has 1 aromatic carbocycles. The number of primary sulfonamides is 1. The maximum atomic E-state index is 12.2. The van der Waals surface area contributed by atoms with E-state index in [4.69, 9.17) is 5.14 Å². The first-order chi connectivity index (χ1) is 11.3. The van der Waals surface area contributed by atoms with Crippen LogP contribution in [-0.4, -0.2) is 36.6 Å². The van der Waals surface area contributed by atoms with E-state index in [1.165, 1.54) is 4.90 Å². The van der Waals surface area contributed by atoms with E-state index in [0.717, 1.165) is 10.0 Å². The van der Waals surface area contributed by atoms with Crippen LogP contribution < -0.4 is 10.0 Å². The Morgan fingerprint density at radius 1 is 1.33 bits per heavy atom. The number of nitrogens with two attached hydrogens (primary N) is 1. The largest absolute Gasteiger partial charge is 0.280 e. The van der Waals surface area contributed by atoms with E-state index in [0.29, 0.717) is 5.69 Å². The minimum absolute atomic E-state index is 0.126. The van der Waals surface area contributed by atoms with Crippen molar-refractivity contribution >= 4 is 37.8 Å². The molecule has 1 aromatic heterocycles. The zero-order valence-electron chi connectivity index (χ0n) is 12.6. The fourth-order valence-electron chi connectivity index (χ4n) is 2.70. The summed E-state index contributed by atoms with van der Waals surface area (Å²) in [5.41, 5.74) is 1.57. The average Bonchev–Trinajstić information content (AvgIpc) is 2.86. The molecule has 9 heteroatoms. The summed E-state index contributed by atoms with van der Waals surface area (Å²) in [6.07, 6.45) is 1.71. The van der Waals surface area contributed by atoms with Gasteiger partial charge in [-0.25, -0.2) is 23.5 Å². The van der Waals surface area contributed by atoms with Crippen molar-refractivity contribution in [2.45, 2.75) is 6.42 Å². The van der Waals surface area contributed by atoms with Crippen molar-refractivity contribution in [1.82, 2.24) is 9.97 Å². The quantitative estimate of drug-likeness (QED) is 0.822. The second-order valence-electron chi connectivity index (χ2n) is 5.66. The Labute approximate surface area is 148 Å². The van der Waals surface area contributed by atoms with Gasteiger partial charge < -0.3 is 0 Å². The Balaban J connectivity index is 1.85. The molecule has 1 aliphatic heterocycles. The molecular weight excluding hydrogens is 396 g/mol. The van der Waals surface area contributed by atoms with Crippen LogP contribution in [0.1, 0.15) is 6.42 Å². The van der Waals surface area contributed by atoms with Gasteiger partial charge in [0.2, 0.25) is 21.9 Å². The summed E-state index contributed by atoms with van der Waals surface area (Å²) in [6.45, 7) is 0.247. The van der Waals surface area contributed by atoms with Gasteiger partial charge in [-0.3, -0.25) is 9.69 Å². The molecular formula is C15H15BrN4O3S. The van der Waals surface area contributed by atoms with Gasteiger partial charge in [-0.2, -0.15) is 0 Å². The number of halogens is 1. The number of hydrogen-bond acceptors (Lipinski definition) is 5. The highest BCUT2D eigenvalue weighted by molar-refractivity contribution is 9.10. The number of rotatable bonds is 4. The molecule has 126 valence electrons. The van der Waals surface area contributed by atoms with Gasteiger partial charge in [0.1, 0.15) is 0 Å². The number of anilines is 1. The highest BCUT2D eigenvalue weighted by Gasteiger charge is 2.34. The topological polar surface area (TPSA) is 106 Å². The number of carbonyl (C=O) groups excluding carboxylic acids is 1. The van der Waals surface area contributed by atoms with Crippen molar-refractivity contribution in [2.24, 2.45) is 11.1 Å². The molecule has 3 rings (SSSR count). The monoisotopic (exact) mass is 410 g/mol. The maximum Gasteiger partial charge on any atom is 0.232 e. The van der Waals surface area contributed by atoms with Crippen LogP contribution in [0.4, 0.5) is 5.95 Å². The molecule has 1 saturated heterocycles. The van der Waals surface area contributed by atoms with Gasteiger partial charge in [-0.1, -0.05) is 28.1 Å². The lowest BCUT2D eigenvalue weighted by Gasteiger charge is -2.15. The molecule has 1 atom stereocenters. The Morgan fingerprint density at radius 3 is 2.83 bits per heavy atom. The second kappa shape index (κ2) is 6.58. The molecule has 1 amide bonds. The highest BCUT2D eigenvalue weighted by Crippen LogP contribution is 2.26. The predicted octanol–water partition coefficient (Wildman–Crippen LogP) is 1.55. The van der Waals surface area contributed by atoms with E-state index in [1.54, 1.807) is 12.3 Å². The molecule has 24 heavy (non-hydrogen) atoms. The molecule has 2 aromatic rings. The lowest BCUT2D eigenvalue weighted by Crippen LogP contribution is -2.28. The molecule has 0 spiro atoms. The Morgan fingerprint density at radius 2 is 2.12 bits per heavy atom.